The molecule has 0 radical (unpaired) electrons. The van der Waals surface area contributed by atoms with E-state index in [9.17, 15) is 0 Å². The van der Waals surface area contributed by atoms with Gasteiger partial charge in [-0.25, -0.2) is 0 Å². The molecule has 0 aliphatic carbocycles. The maximum absolute atomic E-state index is 6.24. The molecule has 4 heteroatoms. The standard InChI is InChI=1S/C13H11Br2ClS/c14-7-9(5-11-6-10(15)8-17-11)12-3-1-2-4-13(12)16/h1-4,6,8-9H,5,7H2. The third-order valence-electron chi connectivity index (χ3n) is 2.60. The zero-order chi connectivity index (χ0) is 12.3. The van der Waals surface area contributed by atoms with Crippen molar-refractivity contribution in [3.63, 3.8) is 0 Å². The van der Waals surface area contributed by atoms with E-state index < -0.39 is 0 Å². The molecule has 1 unspecified atom stereocenters. The van der Waals surface area contributed by atoms with E-state index in [4.69, 9.17) is 11.6 Å². The molecule has 1 aromatic carbocycles. The Bertz CT molecular complexity index is 496. The molecule has 1 aromatic heterocycles. The van der Waals surface area contributed by atoms with Crippen LogP contribution in [-0.4, -0.2) is 5.33 Å². The number of hydrogen-bond acceptors (Lipinski definition) is 1. The van der Waals surface area contributed by atoms with Crippen molar-refractivity contribution in [2.45, 2.75) is 12.3 Å². The first kappa shape index (κ1) is 13.6. The summed E-state index contributed by atoms with van der Waals surface area (Å²) in [6.45, 7) is 0. The Morgan fingerprint density at radius 2 is 2.06 bits per heavy atom. The van der Waals surface area contributed by atoms with Crippen molar-refractivity contribution < 1.29 is 0 Å². The predicted octanol–water partition coefficient (Wildman–Crippen LogP) is 5.89. The number of halogens is 3. The summed E-state index contributed by atoms with van der Waals surface area (Å²) in [6, 6.07) is 10.3. The van der Waals surface area contributed by atoms with Crippen molar-refractivity contribution in [3.05, 3.63) is 55.6 Å². The number of hydrogen-bond donors (Lipinski definition) is 0. The molecule has 1 atom stereocenters. The highest BCUT2D eigenvalue weighted by Crippen LogP contribution is 2.31. The lowest BCUT2D eigenvalue weighted by Gasteiger charge is -2.15. The fourth-order valence-electron chi connectivity index (χ4n) is 1.76. The van der Waals surface area contributed by atoms with Gasteiger partial charge in [-0.15, -0.1) is 11.3 Å². The number of alkyl halides is 1. The largest absolute Gasteiger partial charge is 0.148 e. The zero-order valence-electron chi connectivity index (χ0n) is 9.00. The second-order valence-corrected chi connectivity index (χ2v) is 6.77. The van der Waals surface area contributed by atoms with Crippen LogP contribution in [0.5, 0.6) is 0 Å². The van der Waals surface area contributed by atoms with Crippen molar-refractivity contribution in [1.82, 2.24) is 0 Å². The molecule has 0 spiro atoms. The molecule has 0 saturated heterocycles. The van der Waals surface area contributed by atoms with Gasteiger partial charge < -0.3 is 0 Å². The monoisotopic (exact) mass is 392 g/mol. The molecule has 90 valence electrons. The van der Waals surface area contributed by atoms with Gasteiger partial charge in [-0.3, -0.25) is 0 Å². The quantitative estimate of drug-likeness (QED) is 0.568. The fourth-order valence-corrected chi connectivity index (χ4v) is 4.16. The highest BCUT2D eigenvalue weighted by Gasteiger charge is 2.14. The Morgan fingerprint density at radius 3 is 2.65 bits per heavy atom. The minimum absolute atomic E-state index is 0.425. The highest BCUT2D eigenvalue weighted by molar-refractivity contribution is 9.10. The maximum atomic E-state index is 6.24. The van der Waals surface area contributed by atoms with Gasteiger partial charge in [0, 0.05) is 25.1 Å². The zero-order valence-corrected chi connectivity index (χ0v) is 13.7. The normalized spacial score (nSPS) is 12.6. The molecule has 2 rings (SSSR count). The molecule has 0 nitrogen and oxygen atoms in total. The summed E-state index contributed by atoms with van der Waals surface area (Å²) in [5, 5.41) is 3.90. The van der Waals surface area contributed by atoms with Gasteiger partial charge in [0.25, 0.3) is 0 Å². The second kappa shape index (κ2) is 6.37. The first-order valence-corrected chi connectivity index (χ1v) is 8.41. The second-order valence-electron chi connectivity index (χ2n) is 3.81. The van der Waals surface area contributed by atoms with Gasteiger partial charge in [-0.2, -0.15) is 0 Å². The van der Waals surface area contributed by atoms with Crippen LogP contribution in [-0.2, 0) is 6.42 Å². The third-order valence-corrected chi connectivity index (χ3v) is 5.45. The van der Waals surface area contributed by atoms with Crippen LogP contribution in [0.2, 0.25) is 5.02 Å². The molecule has 0 aliphatic rings. The van der Waals surface area contributed by atoms with Crippen molar-refractivity contribution in [1.29, 1.82) is 0 Å². The third kappa shape index (κ3) is 3.57. The predicted molar refractivity (Wildman–Crippen MR) is 83.7 cm³/mol. The van der Waals surface area contributed by atoms with Gasteiger partial charge >= 0.3 is 0 Å². The minimum Gasteiger partial charge on any atom is -0.148 e. The van der Waals surface area contributed by atoms with E-state index in [1.165, 1.54) is 10.4 Å². The van der Waals surface area contributed by atoms with E-state index in [0.717, 1.165) is 21.2 Å². The van der Waals surface area contributed by atoms with Gasteiger partial charge in [0.2, 0.25) is 0 Å². The van der Waals surface area contributed by atoms with Crippen molar-refractivity contribution >= 4 is 54.8 Å². The number of benzene rings is 1. The van der Waals surface area contributed by atoms with E-state index in [1.54, 1.807) is 11.3 Å². The van der Waals surface area contributed by atoms with Crippen LogP contribution >= 0.6 is 54.8 Å². The SMILES string of the molecule is Clc1ccccc1C(CBr)Cc1cc(Br)cs1. The van der Waals surface area contributed by atoms with Gasteiger partial charge in [0.15, 0.2) is 0 Å². The van der Waals surface area contributed by atoms with Crippen molar-refractivity contribution in [2.24, 2.45) is 0 Å². The Balaban J connectivity index is 2.20. The van der Waals surface area contributed by atoms with E-state index in [1.807, 2.05) is 18.2 Å². The van der Waals surface area contributed by atoms with Gasteiger partial charge in [0.05, 0.1) is 0 Å². The van der Waals surface area contributed by atoms with E-state index in [2.05, 4.69) is 49.4 Å². The molecular weight excluding hydrogens is 383 g/mol. The van der Waals surface area contributed by atoms with Crippen LogP contribution in [0.4, 0.5) is 0 Å². The smallest absolute Gasteiger partial charge is 0.0441 e. The lowest BCUT2D eigenvalue weighted by atomic mass is 9.97. The van der Waals surface area contributed by atoms with Gasteiger partial charge in [0.1, 0.15) is 0 Å². The van der Waals surface area contributed by atoms with Crippen LogP contribution in [0.25, 0.3) is 0 Å². The van der Waals surface area contributed by atoms with E-state index in [-0.39, 0.29) is 0 Å². The molecule has 17 heavy (non-hydrogen) atoms. The molecule has 0 saturated carbocycles. The Hall–Kier alpha value is 0.170. The van der Waals surface area contributed by atoms with Gasteiger partial charge in [-0.1, -0.05) is 45.7 Å². The summed E-state index contributed by atoms with van der Waals surface area (Å²) in [6.07, 6.45) is 1.02. The molecule has 0 N–H and O–H groups in total. The lowest BCUT2D eigenvalue weighted by Crippen LogP contribution is -2.04. The molecule has 0 fully saturated rings. The average molecular weight is 395 g/mol. The van der Waals surface area contributed by atoms with E-state index in [0.29, 0.717) is 5.92 Å². The molecule has 0 amide bonds. The summed E-state index contributed by atoms with van der Waals surface area (Å²) in [4.78, 5) is 1.38. The highest BCUT2D eigenvalue weighted by atomic mass is 79.9. The van der Waals surface area contributed by atoms with Crippen LogP contribution in [0.15, 0.2) is 40.2 Å². The maximum Gasteiger partial charge on any atom is 0.0441 e. The summed E-state index contributed by atoms with van der Waals surface area (Å²) in [7, 11) is 0. The minimum atomic E-state index is 0.425. The molecule has 0 aliphatic heterocycles. The molecular formula is C13H11Br2ClS. The topological polar surface area (TPSA) is 0 Å². The van der Waals surface area contributed by atoms with Crippen LogP contribution < -0.4 is 0 Å². The molecule has 1 heterocycles. The Labute approximate surface area is 127 Å². The summed E-state index contributed by atoms with van der Waals surface area (Å²) in [5.74, 6) is 0.425. The summed E-state index contributed by atoms with van der Waals surface area (Å²) < 4.78 is 1.16. The number of rotatable bonds is 4. The fraction of sp³-hybridized carbons (Fsp3) is 0.231. The van der Waals surface area contributed by atoms with Crippen molar-refractivity contribution in [2.75, 3.05) is 5.33 Å². The molecule has 2 aromatic rings. The Morgan fingerprint density at radius 1 is 1.29 bits per heavy atom. The van der Waals surface area contributed by atoms with Gasteiger partial charge in [-0.05, 0) is 46.0 Å². The lowest BCUT2D eigenvalue weighted by molar-refractivity contribution is 0.786. The average Bonchev–Trinajstić information content (AvgIpc) is 2.73. The van der Waals surface area contributed by atoms with E-state index >= 15 is 0 Å². The summed E-state index contributed by atoms with van der Waals surface area (Å²) in [5.41, 5.74) is 1.22. The first-order chi connectivity index (χ1) is 8.20. The molecule has 0 bridgehead atoms. The van der Waals surface area contributed by atoms with Crippen molar-refractivity contribution in [3.8, 4) is 0 Å². The number of thiophene rings is 1. The first-order valence-electron chi connectivity index (χ1n) is 5.24. The Kier molecular flexibility index (Phi) is 5.10. The van der Waals surface area contributed by atoms with Crippen LogP contribution in [0, 0.1) is 0 Å². The van der Waals surface area contributed by atoms with Crippen LogP contribution in [0.3, 0.4) is 0 Å². The van der Waals surface area contributed by atoms with Crippen LogP contribution in [0.1, 0.15) is 16.4 Å². The summed E-state index contributed by atoms with van der Waals surface area (Å²) >= 11 is 15.1.